The molecule has 1 saturated carbocycles. The fourth-order valence-corrected chi connectivity index (χ4v) is 2.64. The van der Waals surface area contributed by atoms with Crippen molar-refractivity contribution in [2.24, 2.45) is 5.73 Å². The Morgan fingerprint density at radius 2 is 1.95 bits per heavy atom. The van der Waals surface area contributed by atoms with Gasteiger partial charge in [-0.1, -0.05) is 0 Å². The minimum atomic E-state index is -0.432. The molecule has 1 aromatic rings. The Morgan fingerprint density at radius 3 is 2.50 bits per heavy atom. The van der Waals surface area contributed by atoms with Crippen molar-refractivity contribution in [2.45, 2.75) is 37.8 Å². The maximum absolute atomic E-state index is 11.3. The summed E-state index contributed by atoms with van der Waals surface area (Å²) >= 11 is 0. The number of primary amides is 1. The second kappa shape index (κ2) is 6.61. The fourth-order valence-electron chi connectivity index (χ4n) is 2.64. The van der Waals surface area contributed by atoms with Crippen molar-refractivity contribution >= 4 is 11.6 Å². The van der Waals surface area contributed by atoms with E-state index in [1.54, 1.807) is 32.4 Å². The third-order valence-electron chi connectivity index (χ3n) is 3.85. The number of carbonyl (C=O) groups excluding carboxylic acids is 1. The first-order valence-corrected chi connectivity index (χ1v) is 6.91. The molecule has 0 heterocycles. The number of anilines is 1. The molecule has 0 atom stereocenters. The number of benzene rings is 1. The van der Waals surface area contributed by atoms with Crippen molar-refractivity contribution < 1.29 is 14.3 Å². The summed E-state index contributed by atoms with van der Waals surface area (Å²) in [6.07, 6.45) is 4.55. The molecule has 0 bridgehead atoms. The number of nitrogens with one attached hydrogen (secondary N) is 1. The molecule has 0 spiro atoms. The van der Waals surface area contributed by atoms with Crippen LogP contribution in [0.2, 0.25) is 0 Å². The predicted octanol–water partition coefficient (Wildman–Crippen LogP) is 2.16. The van der Waals surface area contributed by atoms with Crippen LogP contribution in [0.5, 0.6) is 5.75 Å². The van der Waals surface area contributed by atoms with Crippen LogP contribution >= 0.6 is 0 Å². The van der Waals surface area contributed by atoms with Gasteiger partial charge in [0.15, 0.2) is 0 Å². The van der Waals surface area contributed by atoms with E-state index in [-0.39, 0.29) is 0 Å². The number of amides is 1. The maximum Gasteiger partial charge on any atom is 0.248 e. The van der Waals surface area contributed by atoms with Crippen molar-refractivity contribution in [1.82, 2.24) is 0 Å². The topological polar surface area (TPSA) is 73.6 Å². The standard InChI is InChI=1S/C15H22N2O3/c1-19-12-6-4-11(5-7-12)17-13-9-10(15(16)18)3-8-14(13)20-2/h3,8-9,11-12,17H,4-7H2,1-2H3,(H2,16,18). The molecule has 1 fully saturated rings. The number of rotatable bonds is 5. The van der Waals surface area contributed by atoms with E-state index in [1.807, 2.05) is 0 Å². The highest BCUT2D eigenvalue weighted by molar-refractivity contribution is 5.94. The maximum atomic E-state index is 11.3. The highest BCUT2D eigenvalue weighted by Gasteiger charge is 2.21. The van der Waals surface area contributed by atoms with Gasteiger partial charge in [0.1, 0.15) is 5.75 Å². The fraction of sp³-hybridized carbons (Fsp3) is 0.533. The summed E-state index contributed by atoms with van der Waals surface area (Å²) in [6, 6.07) is 5.57. The van der Waals surface area contributed by atoms with E-state index in [4.69, 9.17) is 15.2 Å². The van der Waals surface area contributed by atoms with Crippen LogP contribution in [0.4, 0.5) is 5.69 Å². The van der Waals surface area contributed by atoms with Gasteiger partial charge in [-0.05, 0) is 43.9 Å². The third-order valence-corrected chi connectivity index (χ3v) is 3.85. The Kier molecular flexibility index (Phi) is 4.84. The van der Waals surface area contributed by atoms with Gasteiger partial charge >= 0.3 is 0 Å². The zero-order valence-electron chi connectivity index (χ0n) is 12.0. The van der Waals surface area contributed by atoms with Crippen LogP contribution in [-0.2, 0) is 4.74 Å². The minimum absolute atomic E-state index is 0.367. The van der Waals surface area contributed by atoms with Gasteiger partial charge in [0.05, 0.1) is 18.9 Å². The van der Waals surface area contributed by atoms with Crippen LogP contribution < -0.4 is 15.8 Å². The van der Waals surface area contributed by atoms with E-state index in [2.05, 4.69) is 5.32 Å². The largest absolute Gasteiger partial charge is 0.495 e. The molecule has 5 heteroatoms. The average Bonchev–Trinajstić information content (AvgIpc) is 2.48. The van der Waals surface area contributed by atoms with E-state index >= 15 is 0 Å². The molecule has 1 aliphatic carbocycles. The highest BCUT2D eigenvalue weighted by Crippen LogP contribution is 2.30. The van der Waals surface area contributed by atoms with Gasteiger partial charge in [-0.3, -0.25) is 4.79 Å². The Balaban J connectivity index is 2.08. The Morgan fingerprint density at radius 1 is 1.25 bits per heavy atom. The number of carbonyl (C=O) groups is 1. The quantitative estimate of drug-likeness (QED) is 0.865. The zero-order valence-corrected chi connectivity index (χ0v) is 12.0. The molecule has 1 aromatic carbocycles. The van der Waals surface area contributed by atoms with Gasteiger partial charge in [-0.2, -0.15) is 0 Å². The molecule has 0 aliphatic heterocycles. The highest BCUT2D eigenvalue weighted by atomic mass is 16.5. The summed E-state index contributed by atoms with van der Waals surface area (Å²) in [5, 5.41) is 3.45. The number of nitrogens with two attached hydrogens (primary N) is 1. The van der Waals surface area contributed by atoms with Gasteiger partial charge in [0, 0.05) is 18.7 Å². The van der Waals surface area contributed by atoms with Gasteiger partial charge in [0.25, 0.3) is 0 Å². The molecule has 110 valence electrons. The second-order valence-corrected chi connectivity index (χ2v) is 5.13. The second-order valence-electron chi connectivity index (χ2n) is 5.13. The smallest absolute Gasteiger partial charge is 0.248 e. The summed E-state index contributed by atoms with van der Waals surface area (Å²) in [4.78, 5) is 11.3. The average molecular weight is 278 g/mol. The molecule has 3 N–H and O–H groups in total. The summed E-state index contributed by atoms with van der Waals surface area (Å²) in [5.41, 5.74) is 6.63. The summed E-state index contributed by atoms with van der Waals surface area (Å²) in [6.45, 7) is 0. The Labute approximate surface area is 119 Å². The van der Waals surface area contributed by atoms with Crippen LogP contribution in [0.15, 0.2) is 18.2 Å². The van der Waals surface area contributed by atoms with E-state index in [9.17, 15) is 4.79 Å². The zero-order chi connectivity index (χ0) is 14.5. The molecular formula is C15H22N2O3. The third kappa shape index (κ3) is 3.42. The Bertz CT molecular complexity index is 468. The lowest BCUT2D eigenvalue weighted by molar-refractivity contribution is 0.0681. The molecule has 0 unspecified atom stereocenters. The molecule has 0 radical (unpaired) electrons. The van der Waals surface area contributed by atoms with Crippen molar-refractivity contribution in [3.8, 4) is 5.75 Å². The van der Waals surface area contributed by atoms with E-state index in [1.165, 1.54) is 0 Å². The van der Waals surface area contributed by atoms with Crippen molar-refractivity contribution in [2.75, 3.05) is 19.5 Å². The van der Waals surface area contributed by atoms with Gasteiger partial charge in [-0.25, -0.2) is 0 Å². The minimum Gasteiger partial charge on any atom is -0.495 e. The lowest BCUT2D eigenvalue weighted by Gasteiger charge is -2.29. The van der Waals surface area contributed by atoms with Crippen LogP contribution in [0.1, 0.15) is 36.0 Å². The van der Waals surface area contributed by atoms with Gasteiger partial charge in [-0.15, -0.1) is 0 Å². The normalized spacial score (nSPS) is 22.3. The number of ether oxygens (including phenoxy) is 2. The van der Waals surface area contributed by atoms with Crippen molar-refractivity contribution in [3.63, 3.8) is 0 Å². The van der Waals surface area contributed by atoms with Gasteiger partial charge in [0.2, 0.25) is 5.91 Å². The lowest BCUT2D eigenvalue weighted by atomic mass is 9.92. The van der Waals surface area contributed by atoms with E-state index in [0.717, 1.165) is 37.1 Å². The first-order valence-electron chi connectivity index (χ1n) is 6.91. The summed E-state index contributed by atoms with van der Waals surface area (Å²) in [5.74, 6) is 0.294. The summed E-state index contributed by atoms with van der Waals surface area (Å²) in [7, 11) is 3.38. The Hall–Kier alpha value is -1.75. The molecule has 0 aromatic heterocycles. The van der Waals surface area contributed by atoms with Crippen LogP contribution in [-0.4, -0.2) is 32.3 Å². The predicted molar refractivity (Wildman–Crippen MR) is 78.2 cm³/mol. The monoisotopic (exact) mass is 278 g/mol. The van der Waals surface area contributed by atoms with E-state index in [0.29, 0.717) is 17.7 Å². The molecular weight excluding hydrogens is 256 g/mol. The lowest BCUT2D eigenvalue weighted by Crippen LogP contribution is -2.29. The van der Waals surface area contributed by atoms with Crippen LogP contribution in [0, 0.1) is 0 Å². The SMILES string of the molecule is COc1ccc(C(N)=O)cc1NC1CCC(OC)CC1. The van der Waals surface area contributed by atoms with Crippen LogP contribution in [0.3, 0.4) is 0 Å². The number of hydrogen-bond donors (Lipinski definition) is 2. The molecule has 2 rings (SSSR count). The van der Waals surface area contributed by atoms with Crippen molar-refractivity contribution in [1.29, 1.82) is 0 Å². The first-order chi connectivity index (χ1) is 9.63. The molecule has 20 heavy (non-hydrogen) atoms. The van der Waals surface area contributed by atoms with E-state index < -0.39 is 5.91 Å². The molecule has 5 nitrogen and oxygen atoms in total. The van der Waals surface area contributed by atoms with Gasteiger partial charge < -0.3 is 20.5 Å². The van der Waals surface area contributed by atoms with Crippen molar-refractivity contribution in [3.05, 3.63) is 23.8 Å². The molecule has 1 aliphatic rings. The molecule has 0 saturated heterocycles. The first kappa shape index (κ1) is 14.7. The number of hydrogen-bond acceptors (Lipinski definition) is 4. The summed E-state index contributed by atoms with van der Waals surface area (Å²) < 4.78 is 10.7. The molecule has 1 amide bonds. The van der Waals surface area contributed by atoms with Crippen LogP contribution in [0.25, 0.3) is 0 Å². The number of methoxy groups -OCH3 is 2.